The topological polar surface area (TPSA) is 26.3 Å². The zero-order chi connectivity index (χ0) is 13.1. The molecule has 0 amide bonds. The van der Waals surface area contributed by atoms with Crippen LogP contribution in [0.2, 0.25) is 5.02 Å². The zero-order valence-corrected chi connectivity index (χ0v) is 11.7. The number of hydrogen-bond donors (Lipinski definition) is 0. The summed E-state index contributed by atoms with van der Waals surface area (Å²) >= 11 is 6.15. The average molecular weight is 267 g/mol. The first kappa shape index (κ1) is 13.4. The highest BCUT2D eigenvalue weighted by molar-refractivity contribution is 6.34. The molecule has 0 saturated heterocycles. The van der Waals surface area contributed by atoms with Gasteiger partial charge in [-0.05, 0) is 37.0 Å². The lowest BCUT2D eigenvalue weighted by molar-refractivity contribution is 0.0876. The standard InChI is InChI=1S/C15H19ClO2/c1-10-3-5-11(6-4-10)15(17)13-8-7-12(18-2)9-14(13)16/h7-11H,3-6H2,1-2H3. The number of ether oxygens (including phenoxy) is 1. The van der Waals surface area contributed by atoms with Crippen molar-refractivity contribution in [3.63, 3.8) is 0 Å². The minimum Gasteiger partial charge on any atom is -0.497 e. The summed E-state index contributed by atoms with van der Waals surface area (Å²) in [7, 11) is 1.59. The van der Waals surface area contributed by atoms with Crippen molar-refractivity contribution in [1.82, 2.24) is 0 Å². The SMILES string of the molecule is COc1ccc(C(=O)C2CCC(C)CC2)c(Cl)c1. The molecule has 3 heteroatoms. The van der Waals surface area contributed by atoms with Crippen molar-refractivity contribution in [1.29, 1.82) is 0 Å². The summed E-state index contributed by atoms with van der Waals surface area (Å²) in [6.07, 6.45) is 4.26. The van der Waals surface area contributed by atoms with Gasteiger partial charge in [-0.1, -0.05) is 31.4 Å². The molecule has 1 aliphatic rings. The van der Waals surface area contributed by atoms with E-state index in [2.05, 4.69) is 6.92 Å². The second kappa shape index (κ2) is 5.75. The maximum Gasteiger partial charge on any atom is 0.167 e. The van der Waals surface area contributed by atoms with Gasteiger partial charge in [0.05, 0.1) is 12.1 Å². The summed E-state index contributed by atoms with van der Waals surface area (Å²) in [5.74, 6) is 1.77. The molecule has 0 aromatic heterocycles. The number of rotatable bonds is 3. The van der Waals surface area contributed by atoms with Gasteiger partial charge in [-0.2, -0.15) is 0 Å². The molecule has 0 atom stereocenters. The highest BCUT2D eigenvalue weighted by Gasteiger charge is 2.26. The molecule has 1 aromatic carbocycles. The predicted molar refractivity (Wildman–Crippen MR) is 73.5 cm³/mol. The molecule has 98 valence electrons. The maximum absolute atomic E-state index is 12.4. The third-order valence-corrected chi connectivity index (χ3v) is 4.14. The largest absolute Gasteiger partial charge is 0.497 e. The second-order valence-corrected chi connectivity index (χ2v) is 5.57. The normalized spacial score (nSPS) is 23.7. The molecule has 0 radical (unpaired) electrons. The van der Waals surface area contributed by atoms with Crippen LogP contribution in [0.15, 0.2) is 18.2 Å². The van der Waals surface area contributed by atoms with E-state index >= 15 is 0 Å². The van der Waals surface area contributed by atoms with E-state index < -0.39 is 0 Å². The average Bonchev–Trinajstić information content (AvgIpc) is 2.38. The number of ketones is 1. The molecular formula is C15H19ClO2. The highest BCUT2D eigenvalue weighted by Crippen LogP contribution is 2.33. The van der Waals surface area contributed by atoms with E-state index in [1.165, 1.54) is 0 Å². The van der Waals surface area contributed by atoms with E-state index in [0.29, 0.717) is 16.3 Å². The van der Waals surface area contributed by atoms with Crippen LogP contribution in [0.3, 0.4) is 0 Å². The Kier molecular flexibility index (Phi) is 4.28. The fourth-order valence-electron chi connectivity index (χ4n) is 2.56. The minimum absolute atomic E-state index is 0.145. The molecule has 0 N–H and O–H groups in total. The Morgan fingerprint density at radius 1 is 1.28 bits per heavy atom. The Labute approximate surface area is 113 Å². The Bertz CT molecular complexity index is 434. The third-order valence-electron chi connectivity index (χ3n) is 3.83. The molecule has 0 aliphatic heterocycles. The number of halogens is 1. The first-order valence-corrected chi connectivity index (χ1v) is 6.87. The molecule has 18 heavy (non-hydrogen) atoms. The fourth-order valence-corrected chi connectivity index (χ4v) is 2.83. The van der Waals surface area contributed by atoms with Crippen LogP contribution >= 0.6 is 11.6 Å². The molecule has 1 saturated carbocycles. The Hall–Kier alpha value is -1.02. The molecule has 0 heterocycles. The van der Waals surface area contributed by atoms with Crippen LogP contribution in [-0.2, 0) is 0 Å². The Morgan fingerprint density at radius 2 is 1.94 bits per heavy atom. The van der Waals surface area contributed by atoms with Gasteiger partial charge in [-0.15, -0.1) is 0 Å². The third kappa shape index (κ3) is 2.86. The summed E-state index contributed by atoms with van der Waals surface area (Å²) < 4.78 is 5.09. The number of Topliss-reactive ketones (excluding diaryl/α,β-unsaturated/α-hetero) is 1. The summed E-state index contributed by atoms with van der Waals surface area (Å²) in [6.45, 7) is 2.25. The quantitative estimate of drug-likeness (QED) is 0.760. The van der Waals surface area contributed by atoms with Crippen LogP contribution in [0.1, 0.15) is 43.0 Å². The van der Waals surface area contributed by atoms with Crippen molar-refractivity contribution >= 4 is 17.4 Å². The Morgan fingerprint density at radius 3 is 2.50 bits per heavy atom. The maximum atomic E-state index is 12.4. The molecule has 1 aromatic rings. The molecule has 0 spiro atoms. The van der Waals surface area contributed by atoms with Crippen LogP contribution < -0.4 is 4.74 Å². The molecule has 1 aliphatic carbocycles. The first-order chi connectivity index (χ1) is 8.61. The van der Waals surface area contributed by atoms with Crippen LogP contribution in [0.5, 0.6) is 5.75 Å². The molecule has 0 bridgehead atoms. The molecular weight excluding hydrogens is 248 g/mol. The summed E-state index contributed by atoms with van der Waals surface area (Å²) in [6, 6.07) is 5.28. The van der Waals surface area contributed by atoms with Crippen molar-refractivity contribution in [2.75, 3.05) is 7.11 Å². The van der Waals surface area contributed by atoms with E-state index in [4.69, 9.17) is 16.3 Å². The van der Waals surface area contributed by atoms with Crippen molar-refractivity contribution in [2.45, 2.75) is 32.6 Å². The number of hydrogen-bond acceptors (Lipinski definition) is 2. The van der Waals surface area contributed by atoms with Gasteiger partial charge in [0.2, 0.25) is 0 Å². The lowest BCUT2D eigenvalue weighted by Gasteiger charge is -2.25. The van der Waals surface area contributed by atoms with Gasteiger partial charge in [-0.25, -0.2) is 0 Å². The molecule has 2 nitrogen and oxygen atoms in total. The second-order valence-electron chi connectivity index (χ2n) is 5.17. The van der Waals surface area contributed by atoms with Gasteiger partial charge in [0, 0.05) is 11.5 Å². The van der Waals surface area contributed by atoms with E-state index in [1.807, 2.05) is 0 Å². The van der Waals surface area contributed by atoms with E-state index in [-0.39, 0.29) is 11.7 Å². The number of carbonyl (C=O) groups excluding carboxylic acids is 1. The van der Waals surface area contributed by atoms with Crippen LogP contribution in [0.4, 0.5) is 0 Å². The van der Waals surface area contributed by atoms with Gasteiger partial charge >= 0.3 is 0 Å². The van der Waals surface area contributed by atoms with Gasteiger partial charge in [0.15, 0.2) is 5.78 Å². The molecule has 1 fully saturated rings. The van der Waals surface area contributed by atoms with Crippen molar-refractivity contribution < 1.29 is 9.53 Å². The van der Waals surface area contributed by atoms with E-state index in [9.17, 15) is 4.79 Å². The van der Waals surface area contributed by atoms with Gasteiger partial charge in [0.1, 0.15) is 5.75 Å². The van der Waals surface area contributed by atoms with Crippen molar-refractivity contribution in [2.24, 2.45) is 11.8 Å². The van der Waals surface area contributed by atoms with Gasteiger partial charge < -0.3 is 4.74 Å². The monoisotopic (exact) mass is 266 g/mol. The molecule has 2 rings (SSSR count). The van der Waals surface area contributed by atoms with Crippen molar-refractivity contribution in [3.8, 4) is 5.75 Å². The summed E-state index contributed by atoms with van der Waals surface area (Å²) in [5.41, 5.74) is 0.636. The van der Waals surface area contributed by atoms with E-state index in [1.54, 1.807) is 25.3 Å². The van der Waals surface area contributed by atoms with E-state index in [0.717, 1.165) is 31.6 Å². The lowest BCUT2D eigenvalue weighted by Crippen LogP contribution is -2.21. The molecule has 0 unspecified atom stereocenters. The van der Waals surface area contributed by atoms with Crippen LogP contribution in [0, 0.1) is 11.8 Å². The first-order valence-electron chi connectivity index (χ1n) is 6.49. The smallest absolute Gasteiger partial charge is 0.167 e. The zero-order valence-electron chi connectivity index (χ0n) is 10.9. The van der Waals surface area contributed by atoms with Crippen LogP contribution in [0.25, 0.3) is 0 Å². The highest BCUT2D eigenvalue weighted by atomic mass is 35.5. The summed E-state index contributed by atoms with van der Waals surface area (Å²) in [5, 5.41) is 0.498. The van der Waals surface area contributed by atoms with Crippen LogP contribution in [-0.4, -0.2) is 12.9 Å². The predicted octanol–water partition coefficient (Wildman–Crippen LogP) is 4.36. The Balaban J connectivity index is 2.13. The lowest BCUT2D eigenvalue weighted by atomic mass is 9.79. The number of benzene rings is 1. The minimum atomic E-state index is 0.145. The van der Waals surface area contributed by atoms with Crippen molar-refractivity contribution in [3.05, 3.63) is 28.8 Å². The fraction of sp³-hybridized carbons (Fsp3) is 0.533. The number of methoxy groups -OCH3 is 1. The van der Waals surface area contributed by atoms with Gasteiger partial charge in [-0.3, -0.25) is 4.79 Å². The summed E-state index contributed by atoms with van der Waals surface area (Å²) in [4.78, 5) is 12.4. The number of carbonyl (C=O) groups is 1. The van der Waals surface area contributed by atoms with Gasteiger partial charge in [0.25, 0.3) is 0 Å².